The summed E-state index contributed by atoms with van der Waals surface area (Å²) in [6.07, 6.45) is 9.05. The Morgan fingerprint density at radius 1 is 1.62 bits per heavy atom. The minimum absolute atomic E-state index is 0.0557. The van der Waals surface area contributed by atoms with E-state index in [1.54, 1.807) is 12.3 Å². The standard InChI is InChI=1S/C12H12N2O2/c1-2-9-4-3-7-14(9)10-5-6-11(12(15)16)13-8-10/h1,5-6,8-9H,3-4,7H2,(H,15,16). The van der Waals surface area contributed by atoms with Gasteiger partial charge >= 0.3 is 5.97 Å². The Labute approximate surface area is 93.9 Å². The summed E-state index contributed by atoms with van der Waals surface area (Å²) in [7, 11) is 0. The quantitative estimate of drug-likeness (QED) is 0.759. The fourth-order valence-corrected chi connectivity index (χ4v) is 1.93. The van der Waals surface area contributed by atoms with Gasteiger partial charge in [-0.15, -0.1) is 6.42 Å². The molecule has 0 aromatic carbocycles. The van der Waals surface area contributed by atoms with Crippen molar-refractivity contribution < 1.29 is 9.90 Å². The lowest BCUT2D eigenvalue weighted by Crippen LogP contribution is -2.27. The normalized spacial score (nSPS) is 19.4. The van der Waals surface area contributed by atoms with Crippen LogP contribution < -0.4 is 4.90 Å². The second-order valence-electron chi connectivity index (χ2n) is 3.72. The van der Waals surface area contributed by atoms with Crippen LogP contribution in [0.5, 0.6) is 0 Å². The zero-order chi connectivity index (χ0) is 11.5. The molecule has 1 atom stereocenters. The Morgan fingerprint density at radius 2 is 2.44 bits per heavy atom. The first kappa shape index (κ1) is 10.5. The maximum absolute atomic E-state index is 10.6. The Morgan fingerprint density at radius 3 is 3.00 bits per heavy atom. The van der Waals surface area contributed by atoms with Crippen molar-refractivity contribution in [1.29, 1.82) is 0 Å². The first-order chi connectivity index (χ1) is 7.72. The van der Waals surface area contributed by atoms with Crippen molar-refractivity contribution >= 4 is 11.7 Å². The summed E-state index contributed by atoms with van der Waals surface area (Å²) in [5.74, 6) is 1.72. The van der Waals surface area contributed by atoms with E-state index in [0.29, 0.717) is 0 Å². The molecule has 0 saturated carbocycles. The predicted molar refractivity (Wildman–Crippen MR) is 60.4 cm³/mol. The van der Waals surface area contributed by atoms with Crippen LogP contribution >= 0.6 is 0 Å². The van der Waals surface area contributed by atoms with Gasteiger partial charge in [0.15, 0.2) is 0 Å². The Hall–Kier alpha value is -2.02. The lowest BCUT2D eigenvalue weighted by Gasteiger charge is -2.22. The van der Waals surface area contributed by atoms with Crippen LogP contribution in [0, 0.1) is 12.3 Å². The van der Waals surface area contributed by atoms with E-state index in [-0.39, 0.29) is 11.7 Å². The van der Waals surface area contributed by atoms with Gasteiger partial charge in [0.25, 0.3) is 0 Å². The molecule has 82 valence electrons. The molecule has 1 aliphatic heterocycles. The summed E-state index contributed by atoms with van der Waals surface area (Å²) in [6.45, 7) is 0.906. The van der Waals surface area contributed by atoms with Crippen LogP contribution in [0.2, 0.25) is 0 Å². The van der Waals surface area contributed by atoms with E-state index >= 15 is 0 Å². The molecule has 0 spiro atoms. The molecule has 1 aliphatic rings. The Balaban J connectivity index is 2.22. The maximum Gasteiger partial charge on any atom is 0.354 e. The number of carboxylic acids is 1. The number of carboxylic acid groups (broad SMARTS) is 1. The molecule has 1 unspecified atom stereocenters. The fraction of sp³-hybridized carbons (Fsp3) is 0.333. The molecule has 0 aliphatic carbocycles. The molecule has 4 nitrogen and oxygen atoms in total. The van der Waals surface area contributed by atoms with E-state index in [2.05, 4.69) is 15.8 Å². The van der Waals surface area contributed by atoms with E-state index in [4.69, 9.17) is 11.5 Å². The molecule has 1 fully saturated rings. The van der Waals surface area contributed by atoms with Crippen molar-refractivity contribution in [2.45, 2.75) is 18.9 Å². The average Bonchev–Trinajstić information content (AvgIpc) is 2.77. The second-order valence-corrected chi connectivity index (χ2v) is 3.72. The number of nitrogens with zero attached hydrogens (tertiary/aromatic N) is 2. The molecule has 16 heavy (non-hydrogen) atoms. The molecule has 4 heteroatoms. The molecule has 0 bridgehead atoms. The lowest BCUT2D eigenvalue weighted by molar-refractivity contribution is 0.0690. The highest BCUT2D eigenvalue weighted by Crippen LogP contribution is 2.24. The minimum atomic E-state index is -1.01. The van der Waals surface area contributed by atoms with Crippen molar-refractivity contribution in [2.75, 3.05) is 11.4 Å². The largest absolute Gasteiger partial charge is 0.477 e. The Kier molecular flexibility index (Phi) is 2.78. The molecule has 1 aromatic rings. The van der Waals surface area contributed by atoms with Crippen LogP contribution in [-0.4, -0.2) is 28.6 Å². The molecular weight excluding hydrogens is 204 g/mol. The molecule has 1 saturated heterocycles. The van der Waals surface area contributed by atoms with Gasteiger partial charge in [0, 0.05) is 6.54 Å². The van der Waals surface area contributed by atoms with Crippen molar-refractivity contribution in [1.82, 2.24) is 4.98 Å². The van der Waals surface area contributed by atoms with Crippen LogP contribution in [0.1, 0.15) is 23.3 Å². The van der Waals surface area contributed by atoms with E-state index < -0.39 is 5.97 Å². The van der Waals surface area contributed by atoms with Gasteiger partial charge < -0.3 is 10.0 Å². The maximum atomic E-state index is 10.6. The third-order valence-corrected chi connectivity index (χ3v) is 2.74. The molecule has 1 N–H and O–H groups in total. The topological polar surface area (TPSA) is 53.4 Å². The van der Waals surface area contributed by atoms with Crippen LogP contribution in [0.25, 0.3) is 0 Å². The van der Waals surface area contributed by atoms with Crippen molar-refractivity contribution in [3.63, 3.8) is 0 Å². The number of pyridine rings is 1. The number of carbonyl (C=O) groups is 1. The highest BCUT2D eigenvalue weighted by Gasteiger charge is 2.23. The average molecular weight is 216 g/mol. The number of aromatic carboxylic acids is 1. The predicted octanol–water partition coefficient (Wildman–Crippen LogP) is 1.38. The third-order valence-electron chi connectivity index (χ3n) is 2.74. The highest BCUT2D eigenvalue weighted by molar-refractivity contribution is 5.85. The van der Waals surface area contributed by atoms with Gasteiger partial charge in [0.1, 0.15) is 5.69 Å². The Bertz CT molecular complexity index is 433. The molecule has 2 heterocycles. The smallest absolute Gasteiger partial charge is 0.354 e. The number of hydrogen-bond acceptors (Lipinski definition) is 3. The minimum Gasteiger partial charge on any atom is -0.477 e. The van der Waals surface area contributed by atoms with Gasteiger partial charge in [-0.3, -0.25) is 0 Å². The molecule has 1 aromatic heterocycles. The molecule has 0 amide bonds. The van der Waals surface area contributed by atoms with Gasteiger partial charge in [-0.25, -0.2) is 9.78 Å². The van der Waals surface area contributed by atoms with Crippen LogP contribution in [0.3, 0.4) is 0 Å². The van der Waals surface area contributed by atoms with Crippen LogP contribution in [0.4, 0.5) is 5.69 Å². The summed E-state index contributed by atoms with van der Waals surface area (Å²) in [5, 5.41) is 8.73. The third kappa shape index (κ3) is 1.84. The number of terminal acetylenes is 1. The first-order valence-electron chi connectivity index (χ1n) is 5.14. The van der Waals surface area contributed by atoms with Gasteiger partial charge in [-0.1, -0.05) is 5.92 Å². The van der Waals surface area contributed by atoms with Crippen molar-refractivity contribution in [3.05, 3.63) is 24.0 Å². The highest BCUT2D eigenvalue weighted by atomic mass is 16.4. The lowest BCUT2D eigenvalue weighted by atomic mass is 10.2. The molecular formula is C12H12N2O2. The molecule has 0 radical (unpaired) electrons. The number of anilines is 1. The van der Waals surface area contributed by atoms with Gasteiger partial charge in [0.2, 0.25) is 0 Å². The van der Waals surface area contributed by atoms with Gasteiger partial charge in [-0.2, -0.15) is 0 Å². The van der Waals surface area contributed by atoms with Gasteiger partial charge in [0.05, 0.1) is 17.9 Å². The number of rotatable bonds is 2. The first-order valence-corrected chi connectivity index (χ1v) is 5.14. The summed E-state index contributed by atoms with van der Waals surface area (Å²) in [6, 6.07) is 3.37. The van der Waals surface area contributed by atoms with E-state index in [9.17, 15) is 4.79 Å². The van der Waals surface area contributed by atoms with E-state index in [1.807, 2.05) is 0 Å². The summed E-state index contributed by atoms with van der Waals surface area (Å²) in [5.41, 5.74) is 0.950. The monoisotopic (exact) mass is 216 g/mol. The fourth-order valence-electron chi connectivity index (χ4n) is 1.93. The summed E-state index contributed by atoms with van der Waals surface area (Å²) < 4.78 is 0. The van der Waals surface area contributed by atoms with Gasteiger partial charge in [-0.05, 0) is 25.0 Å². The number of aromatic nitrogens is 1. The SMILES string of the molecule is C#CC1CCCN1c1ccc(C(=O)O)nc1. The molecule has 2 rings (SSSR count). The summed E-state index contributed by atoms with van der Waals surface area (Å²) in [4.78, 5) is 16.6. The zero-order valence-electron chi connectivity index (χ0n) is 8.76. The zero-order valence-corrected chi connectivity index (χ0v) is 8.76. The van der Waals surface area contributed by atoms with Crippen LogP contribution in [0.15, 0.2) is 18.3 Å². The van der Waals surface area contributed by atoms with E-state index in [0.717, 1.165) is 25.1 Å². The second kappa shape index (κ2) is 4.23. The number of hydrogen-bond donors (Lipinski definition) is 1. The van der Waals surface area contributed by atoms with Crippen molar-refractivity contribution in [2.24, 2.45) is 0 Å². The van der Waals surface area contributed by atoms with Crippen molar-refractivity contribution in [3.8, 4) is 12.3 Å². The summed E-state index contributed by atoms with van der Waals surface area (Å²) >= 11 is 0. The van der Waals surface area contributed by atoms with Crippen LogP contribution in [-0.2, 0) is 0 Å². The van der Waals surface area contributed by atoms with E-state index in [1.165, 1.54) is 6.07 Å².